The Hall–Kier alpha value is -0.826. The van der Waals surface area contributed by atoms with Crippen molar-refractivity contribution in [2.45, 2.75) is 78.8 Å². The molecule has 0 fully saturated rings. The van der Waals surface area contributed by atoms with Crippen molar-refractivity contribution in [1.29, 1.82) is 0 Å². The standard InChI is InChI=1S/C18H36N2O2Si2/c1-17(2,3)19-23(7,8)21-15-13-11-12-14-16(15)22-24(9,10)20-18(4,5)6/h11-14,19-20H,1-10H3. The Morgan fingerprint density at radius 3 is 1.21 bits per heavy atom. The highest BCUT2D eigenvalue weighted by atomic mass is 28.4. The van der Waals surface area contributed by atoms with Crippen LogP contribution in [0.15, 0.2) is 24.3 Å². The summed E-state index contributed by atoms with van der Waals surface area (Å²) in [6.45, 7) is 21.7. The molecule has 0 saturated heterocycles. The van der Waals surface area contributed by atoms with Gasteiger partial charge in [-0.3, -0.25) is 0 Å². The third-order valence-electron chi connectivity index (χ3n) is 2.93. The Kier molecular flexibility index (Phi) is 6.36. The van der Waals surface area contributed by atoms with Gasteiger partial charge < -0.3 is 18.8 Å². The van der Waals surface area contributed by atoms with Crippen LogP contribution in [0.5, 0.6) is 11.5 Å². The van der Waals surface area contributed by atoms with Crippen molar-refractivity contribution in [3.05, 3.63) is 24.3 Å². The average molecular weight is 369 g/mol. The Morgan fingerprint density at radius 1 is 0.667 bits per heavy atom. The second-order valence-corrected chi connectivity index (χ2v) is 16.4. The molecule has 0 atom stereocenters. The lowest BCUT2D eigenvalue weighted by molar-refractivity contribution is 0.413. The topological polar surface area (TPSA) is 42.5 Å². The van der Waals surface area contributed by atoms with E-state index in [9.17, 15) is 0 Å². The average Bonchev–Trinajstić information content (AvgIpc) is 2.23. The lowest BCUT2D eigenvalue weighted by atomic mass is 10.1. The summed E-state index contributed by atoms with van der Waals surface area (Å²) in [4.78, 5) is 7.26. The molecule has 1 aromatic rings. The summed E-state index contributed by atoms with van der Waals surface area (Å²) in [6, 6.07) is 7.98. The van der Waals surface area contributed by atoms with Gasteiger partial charge in [-0.25, -0.2) is 0 Å². The zero-order valence-corrected chi connectivity index (χ0v) is 19.1. The number of hydrogen-bond donors (Lipinski definition) is 2. The van der Waals surface area contributed by atoms with Gasteiger partial charge in [-0.15, -0.1) is 0 Å². The summed E-state index contributed by atoms with van der Waals surface area (Å²) in [5.41, 5.74) is 0.0423. The number of benzene rings is 1. The predicted octanol–water partition coefficient (Wildman–Crippen LogP) is 4.62. The van der Waals surface area contributed by atoms with Gasteiger partial charge in [0.15, 0.2) is 0 Å². The predicted molar refractivity (Wildman–Crippen MR) is 108 cm³/mol. The molecule has 138 valence electrons. The minimum absolute atomic E-state index is 0.0212. The highest BCUT2D eigenvalue weighted by molar-refractivity contribution is 6.70. The van der Waals surface area contributed by atoms with Crippen molar-refractivity contribution in [2.24, 2.45) is 0 Å². The first-order valence-electron chi connectivity index (χ1n) is 8.64. The summed E-state index contributed by atoms with van der Waals surface area (Å²) < 4.78 is 12.8. The minimum atomic E-state index is -2.07. The quantitative estimate of drug-likeness (QED) is 0.719. The molecule has 0 aliphatic heterocycles. The van der Waals surface area contributed by atoms with E-state index < -0.39 is 17.0 Å². The molecule has 2 N–H and O–H groups in total. The Bertz CT molecular complexity index is 498. The van der Waals surface area contributed by atoms with Gasteiger partial charge in [-0.05, 0) is 79.9 Å². The van der Waals surface area contributed by atoms with E-state index in [4.69, 9.17) is 8.85 Å². The Balaban J connectivity index is 2.96. The molecule has 24 heavy (non-hydrogen) atoms. The zero-order valence-electron chi connectivity index (χ0n) is 17.1. The van der Waals surface area contributed by atoms with E-state index in [1.54, 1.807) is 0 Å². The Labute approximate surface area is 150 Å². The molecule has 1 aromatic carbocycles. The highest BCUT2D eigenvalue weighted by Crippen LogP contribution is 2.31. The molecule has 0 aromatic heterocycles. The van der Waals surface area contributed by atoms with Gasteiger partial charge in [0.1, 0.15) is 11.5 Å². The van der Waals surface area contributed by atoms with Crippen molar-refractivity contribution in [3.63, 3.8) is 0 Å². The van der Waals surface area contributed by atoms with Crippen molar-refractivity contribution >= 4 is 17.0 Å². The molecule has 0 radical (unpaired) electrons. The third-order valence-corrected chi connectivity index (χ3v) is 7.10. The van der Waals surface area contributed by atoms with E-state index in [0.29, 0.717) is 0 Å². The monoisotopic (exact) mass is 368 g/mol. The maximum absolute atomic E-state index is 6.38. The van der Waals surface area contributed by atoms with Crippen LogP contribution in [-0.4, -0.2) is 28.0 Å². The van der Waals surface area contributed by atoms with E-state index in [1.807, 2.05) is 24.3 Å². The molecule has 6 heteroatoms. The molecule has 0 bridgehead atoms. The molecule has 0 amide bonds. The lowest BCUT2D eigenvalue weighted by Crippen LogP contribution is -2.59. The van der Waals surface area contributed by atoms with Gasteiger partial charge in [-0.2, -0.15) is 0 Å². The van der Waals surface area contributed by atoms with Crippen LogP contribution in [0.1, 0.15) is 41.5 Å². The molecule has 0 heterocycles. The molecule has 0 saturated carbocycles. The van der Waals surface area contributed by atoms with Crippen molar-refractivity contribution in [3.8, 4) is 11.5 Å². The number of hydrogen-bond acceptors (Lipinski definition) is 4. The molecule has 0 aliphatic rings. The first-order chi connectivity index (χ1) is 10.6. The van der Waals surface area contributed by atoms with E-state index >= 15 is 0 Å². The van der Waals surface area contributed by atoms with Gasteiger partial charge in [0.2, 0.25) is 0 Å². The molecule has 1 rings (SSSR count). The van der Waals surface area contributed by atoms with Crippen molar-refractivity contribution in [2.75, 3.05) is 0 Å². The summed E-state index contributed by atoms with van der Waals surface area (Å²) in [5, 5.41) is 0. The minimum Gasteiger partial charge on any atom is -0.527 e. The maximum atomic E-state index is 6.38. The second-order valence-electron chi connectivity index (χ2n) is 9.42. The van der Waals surface area contributed by atoms with E-state index in [1.165, 1.54) is 0 Å². The van der Waals surface area contributed by atoms with Crippen molar-refractivity contribution in [1.82, 2.24) is 9.96 Å². The first kappa shape index (κ1) is 21.2. The molecule has 0 unspecified atom stereocenters. The van der Waals surface area contributed by atoms with Gasteiger partial charge in [0.25, 0.3) is 0 Å². The molecule has 0 aliphatic carbocycles. The normalized spacial score (nSPS) is 13.8. The Morgan fingerprint density at radius 2 is 0.958 bits per heavy atom. The number of nitrogens with one attached hydrogen (secondary N) is 2. The van der Waals surface area contributed by atoms with Crippen LogP contribution in [0, 0.1) is 0 Å². The fourth-order valence-corrected chi connectivity index (χ4v) is 8.18. The number of para-hydroxylation sites is 2. The lowest BCUT2D eigenvalue weighted by Gasteiger charge is -2.36. The van der Waals surface area contributed by atoms with E-state index in [-0.39, 0.29) is 11.1 Å². The zero-order chi connectivity index (χ0) is 18.8. The van der Waals surface area contributed by atoms with Crippen molar-refractivity contribution < 1.29 is 8.85 Å². The van der Waals surface area contributed by atoms with Crippen LogP contribution >= 0.6 is 0 Å². The largest absolute Gasteiger partial charge is 0.527 e. The molecular formula is C18H36N2O2Si2. The number of rotatable bonds is 6. The summed E-state index contributed by atoms with van der Waals surface area (Å²) in [5.74, 6) is 1.64. The highest BCUT2D eigenvalue weighted by Gasteiger charge is 2.33. The molecule has 4 nitrogen and oxygen atoms in total. The van der Waals surface area contributed by atoms with Crippen LogP contribution < -0.4 is 18.8 Å². The van der Waals surface area contributed by atoms with Crippen LogP contribution in [0.4, 0.5) is 0 Å². The smallest absolute Gasteiger partial charge is 0.323 e. The summed E-state index contributed by atoms with van der Waals surface area (Å²) in [6.07, 6.45) is 0. The van der Waals surface area contributed by atoms with Crippen LogP contribution in [0.3, 0.4) is 0 Å². The SMILES string of the molecule is CC(C)(C)N[Si](C)(C)Oc1ccccc1O[Si](C)(C)NC(C)(C)C. The molecule has 0 spiro atoms. The van der Waals surface area contributed by atoms with Crippen LogP contribution in [0.25, 0.3) is 0 Å². The first-order valence-corrected chi connectivity index (χ1v) is 14.5. The summed E-state index contributed by atoms with van der Waals surface area (Å²) in [7, 11) is -4.14. The third kappa shape index (κ3) is 8.32. The van der Waals surface area contributed by atoms with Gasteiger partial charge in [0, 0.05) is 11.1 Å². The van der Waals surface area contributed by atoms with Crippen LogP contribution in [-0.2, 0) is 0 Å². The van der Waals surface area contributed by atoms with Gasteiger partial charge in [-0.1, -0.05) is 12.1 Å². The fourth-order valence-electron chi connectivity index (χ4n) is 3.03. The molecular weight excluding hydrogens is 332 g/mol. The van der Waals surface area contributed by atoms with E-state index in [0.717, 1.165) is 11.5 Å². The van der Waals surface area contributed by atoms with Crippen LogP contribution in [0.2, 0.25) is 26.2 Å². The maximum Gasteiger partial charge on any atom is 0.323 e. The van der Waals surface area contributed by atoms with E-state index in [2.05, 4.69) is 77.7 Å². The second kappa shape index (κ2) is 7.19. The van der Waals surface area contributed by atoms with Gasteiger partial charge in [0.05, 0.1) is 0 Å². The summed E-state index contributed by atoms with van der Waals surface area (Å²) >= 11 is 0. The fraction of sp³-hybridized carbons (Fsp3) is 0.667. The van der Waals surface area contributed by atoms with Gasteiger partial charge >= 0.3 is 17.0 Å².